The van der Waals surface area contributed by atoms with Crippen LogP contribution in [-0.4, -0.2) is 30.1 Å². The van der Waals surface area contributed by atoms with Crippen molar-refractivity contribution < 1.29 is 4.79 Å². The van der Waals surface area contributed by atoms with E-state index in [1.807, 2.05) is 34.1 Å². The largest absolute Gasteiger partial charge is 0.326 e. The Hall–Kier alpha value is -1.55. The Morgan fingerprint density at radius 2 is 1.81 bits per heavy atom. The molecule has 1 aromatic rings. The number of nitrogens with zero attached hydrogens (tertiary/aromatic N) is 2. The van der Waals surface area contributed by atoms with Gasteiger partial charge in [-0.3, -0.25) is 4.90 Å². The second kappa shape index (κ2) is 6.06. The maximum Gasteiger partial charge on any atom is 0.324 e. The molecule has 21 heavy (non-hydrogen) atoms. The summed E-state index contributed by atoms with van der Waals surface area (Å²) in [4.78, 5) is 16.9. The molecule has 1 heterocycles. The third-order valence-electron chi connectivity index (χ3n) is 4.62. The number of urea groups is 1. The molecule has 1 aliphatic carbocycles. The number of amides is 2. The van der Waals surface area contributed by atoms with Crippen molar-refractivity contribution in [3.63, 3.8) is 0 Å². The summed E-state index contributed by atoms with van der Waals surface area (Å²) in [6, 6.07) is 8.69. The molecular weight excluding hydrogens is 262 g/mol. The maximum absolute atomic E-state index is 12.9. The summed E-state index contributed by atoms with van der Waals surface area (Å²) in [5.41, 5.74) is 7.77. The van der Waals surface area contributed by atoms with E-state index >= 15 is 0 Å². The van der Waals surface area contributed by atoms with Crippen LogP contribution >= 0.6 is 0 Å². The van der Waals surface area contributed by atoms with Crippen LogP contribution in [0.25, 0.3) is 0 Å². The van der Waals surface area contributed by atoms with Crippen molar-refractivity contribution in [1.82, 2.24) is 4.90 Å². The van der Waals surface area contributed by atoms with Crippen LogP contribution < -0.4 is 10.6 Å². The predicted octanol–water partition coefficient (Wildman–Crippen LogP) is 2.97. The fourth-order valence-electron chi connectivity index (χ4n) is 2.96. The molecular formula is C17H25N3O. The third-order valence-corrected chi connectivity index (χ3v) is 4.62. The lowest BCUT2D eigenvalue weighted by Crippen LogP contribution is -2.47. The lowest BCUT2D eigenvalue weighted by Gasteiger charge is -2.35. The average molecular weight is 287 g/mol. The molecule has 1 aliphatic heterocycles. The van der Waals surface area contributed by atoms with Crippen molar-refractivity contribution in [2.24, 2.45) is 11.7 Å². The van der Waals surface area contributed by atoms with Crippen molar-refractivity contribution in [2.45, 2.75) is 45.2 Å². The number of nitrogens with two attached hydrogens (primary N) is 1. The molecule has 4 nitrogen and oxygen atoms in total. The van der Waals surface area contributed by atoms with E-state index in [1.165, 1.54) is 0 Å². The summed E-state index contributed by atoms with van der Waals surface area (Å²) in [7, 11) is 0. The van der Waals surface area contributed by atoms with Crippen LogP contribution in [0.15, 0.2) is 24.3 Å². The van der Waals surface area contributed by atoms with E-state index in [-0.39, 0.29) is 6.03 Å². The van der Waals surface area contributed by atoms with E-state index in [0.717, 1.165) is 55.9 Å². The number of anilines is 1. The Balaban J connectivity index is 1.75. The summed E-state index contributed by atoms with van der Waals surface area (Å²) in [6.45, 7) is 4.60. The molecule has 1 saturated heterocycles. The third kappa shape index (κ3) is 3.21. The molecule has 0 unspecified atom stereocenters. The second-order valence-electron chi connectivity index (χ2n) is 6.42. The zero-order chi connectivity index (χ0) is 14.8. The van der Waals surface area contributed by atoms with E-state index in [0.29, 0.717) is 12.6 Å². The van der Waals surface area contributed by atoms with Gasteiger partial charge in [0.05, 0.1) is 0 Å². The molecule has 0 bridgehead atoms. The number of carbonyl (C=O) groups excluding carboxylic acids is 1. The van der Waals surface area contributed by atoms with Crippen molar-refractivity contribution in [1.29, 1.82) is 0 Å². The van der Waals surface area contributed by atoms with Crippen LogP contribution in [0.5, 0.6) is 0 Å². The summed E-state index contributed by atoms with van der Waals surface area (Å²) < 4.78 is 0. The molecule has 2 amide bonds. The number of carbonyl (C=O) groups is 1. The van der Waals surface area contributed by atoms with Crippen LogP contribution in [-0.2, 0) is 6.54 Å². The zero-order valence-corrected chi connectivity index (χ0v) is 12.8. The average Bonchev–Trinajstić information content (AvgIpc) is 3.33. The van der Waals surface area contributed by atoms with Crippen LogP contribution in [0.3, 0.4) is 0 Å². The monoisotopic (exact) mass is 287 g/mol. The summed E-state index contributed by atoms with van der Waals surface area (Å²) in [5.74, 6) is 0.743. The second-order valence-corrected chi connectivity index (χ2v) is 6.42. The maximum atomic E-state index is 12.9. The van der Waals surface area contributed by atoms with Crippen molar-refractivity contribution >= 4 is 11.7 Å². The zero-order valence-electron chi connectivity index (χ0n) is 12.8. The molecule has 2 fully saturated rings. The summed E-state index contributed by atoms with van der Waals surface area (Å²) >= 11 is 0. The highest BCUT2D eigenvalue weighted by Crippen LogP contribution is 2.33. The van der Waals surface area contributed by atoms with Gasteiger partial charge in [-0.1, -0.05) is 19.1 Å². The first-order valence-electron chi connectivity index (χ1n) is 8.06. The van der Waals surface area contributed by atoms with Gasteiger partial charge in [0, 0.05) is 31.4 Å². The molecule has 0 radical (unpaired) electrons. The Bertz CT molecular complexity index is 487. The van der Waals surface area contributed by atoms with Gasteiger partial charge in [0.2, 0.25) is 0 Å². The minimum atomic E-state index is 0.185. The molecule has 114 valence electrons. The number of likely N-dealkylation sites (tertiary alicyclic amines) is 1. The quantitative estimate of drug-likeness (QED) is 0.929. The Morgan fingerprint density at radius 1 is 1.19 bits per heavy atom. The molecule has 2 N–H and O–H groups in total. The van der Waals surface area contributed by atoms with Gasteiger partial charge < -0.3 is 10.6 Å². The Morgan fingerprint density at radius 3 is 2.33 bits per heavy atom. The van der Waals surface area contributed by atoms with E-state index in [4.69, 9.17) is 5.73 Å². The number of rotatable bonds is 3. The highest BCUT2D eigenvalue weighted by Gasteiger charge is 2.36. The van der Waals surface area contributed by atoms with Crippen molar-refractivity contribution in [2.75, 3.05) is 18.0 Å². The first-order chi connectivity index (χ1) is 10.2. The van der Waals surface area contributed by atoms with Gasteiger partial charge in [-0.2, -0.15) is 0 Å². The number of hydrogen-bond acceptors (Lipinski definition) is 2. The van der Waals surface area contributed by atoms with Gasteiger partial charge in [-0.15, -0.1) is 0 Å². The van der Waals surface area contributed by atoms with Gasteiger partial charge in [-0.25, -0.2) is 4.79 Å². The number of benzene rings is 1. The van der Waals surface area contributed by atoms with E-state index in [9.17, 15) is 4.79 Å². The molecule has 1 aromatic carbocycles. The predicted molar refractivity (Wildman–Crippen MR) is 85.2 cm³/mol. The lowest BCUT2D eigenvalue weighted by molar-refractivity contribution is 0.180. The minimum Gasteiger partial charge on any atom is -0.326 e. The molecule has 0 atom stereocenters. The smallest absolute Gasteiger partial charge is 0.324 e. The van der Waals surface area contributed by atoms with Crippen LogP contribution in [0, 0.1) is 5.92 Å². The van der Waals surface area contributed by atoms with Gasteiger partial charge in [0.1, 0.15) is 0 Å². The van der Waals surface area contributed by atoms with E-state index < -0.39 is 0 Å². The molecule has 4 heteroatoms. The van der Waals surface area contributed by atoms with Crippen LogP contribution in [0.2, 0.25) is 0 Å². The SMILES string of the molecule is CC1CCN(C(=O)N(c2ccc(CN)cc2)C2CC2)CC1. The molecule has 0 aromatic heterocycles. The first-order valence-corrected chi connectivity index (χ1v) is 8.06. The van der Waals surface area contributed by atoms with Crippen molar-refractivity contribution in [3.05, 3.63) is 29.8 Å². The first kappa shape index (κ1) is 14.4. The Kier molecular flexibility index (Phi) is 4.15. The van der Waals surface area contributed by atoms with Gasteiger partial charge in [0.25, 0.3) is 0 Å². The number of piperidine rings is 1. The molecule has 0 spiro atoms. The van der Waals surface area contributed by atoms with E-state index in [1.54, 1.807) is 0 Å². The topological polar surface area (TPSA) is 49.6 Å². The van der Waals surface area contributed by atoms with Gasteiger partial charge >= 0.3 is 6.03 Å². The fraction of sp³-hybridized carbons (Fsp3) is 0.588. The van der Waals surface area contributed by atoms with Crippen LogP contribution in [0.4, 0.5) is 10.5 Å². The fourth-order valence-corrected chi connectivity index (χ4v) is 2.96. The van der Waals surface area contributed by atoms with Gasteiger partial charge in [0.15, 0.2) is 0 Å². The summed E-state index contributed by atoms with van der Waals surface area (Å²) in [5, 5.41) is 0. The van der Waals surface area contributed by atoms with E-state index in [2.05, 4.69) is 6.92 Å². The molecule has 3 rings (SSSR count). The highest BCUT2D eigenvalue weighted by atomic mass is 16.2. The number of hydrogen-bond donors (Lipinski definition) is 1. The highest BCUT2D eigenvalue weighted by molar-refractivity contribution is 5.93. The van der Waals surface area contributed by atoms with Gasteiger partial charge in [-0.05, 0) is 49.3 Å². The minimum absolute atomic E-state index is 0.185. The molecule has 2 aliphatic rings. The van der Waals surface area contributed by atoms with Crippen molar-refractivity contribution in [3.8, 4) is 0 Å². The summed E-state index contributed by atoms with van der Waals surface area (Å²) in [6.07, 6.45) is 4.48. The lowest BCUT2D eigenvalue weighted by atomic mass is 9.99. The standard InChI is InChI=1S/C17H25N3O/c1-13-8-10-19(11-9-13)17(21)20(16-6-7-16)15-4-2-14(12-18)3-5-15/h2-5,13,16H,6-12,18H2,1H3. The molecule has 1 saturated carbocycles. The van der Waals surface area contributed by atoms with Crippen LogP contribution in [0.1, 0.15) is 38.2 Å². The normalized spacial score (nSPS) is 19.6. The Labute approximate surface area is 126 Å².